The van der Waals surface area contributed by atoms with E-state index in [1.54, 1.807) is 6.07 Å². The number of rotatable bonds is 3. The van der Waals surface area contributed by atoms with Gasteiger partial charge in [0.1, 0.15) is 17.9 Å². The predicted molar refractivity (Wildman–Crippen MR) is 89.4 cm³/mol. The molecule has 0 saturated heterocycles. The zero-order valence-electron chi connectivity index (χ0n) is 14.0. The molecule has 0 aliphatic carbocycles. The lowest BCUT2D eigenvalue weighted by molar-refractivity contribution is -0.139. The van der Waals surface area contributed by atoms with E-state index in [2.05, 4.69) is 0 Å². The first-order valence-corrected chi connectivity index (χ1v) is 8.06. The fourth-order valence-corrected chi connectivity index (χ4v) is 3.14. The molecule has 5 nitrogen and oxygen atoms in total. The highest BCUT2D eigenvalue weighted by Gasteiger charge is 2.34. The van der Waals surface area contributed by atoms with Crippen LogP contribution >= 0.6 is 0 Å². The third-order valence-corrected chi connectivity index (χ3v) is 4.33. The van der Waals surface area contributed by atoms with Gasteiger partial charge in [-0.1, -0.05) is 12.1 Å². The number of aromatic nitrogens is 1. The Kier molecular flexibility index (Phi) is 4.76. The minimum atomic E-state index is -4.76. The second-order valence-corrected chi connectivity index (χ2v) is 5.97. The van der Waals surface area contributed by atoms with Crippen molar-refractivity contribution in [2.24, 2.45) is 0 Å². The Morgan fingerprint density at radius 2 is 2.00 bits per heavy atom. The summed E-state index contributed by atoms with van der Waals surface area (Å²) >= 11 is 0. The number of carbonyl (C=O) groups excluding carboxylic acids is 1. The van der Waals surface area contributed by atoms with E-state index in [1.165, 1.54) is 18.2 Å². The van der Waals surface area contributed by atoms with Crippen LogP contribution in [0.3, 0.4) is 0 Å². The normalized spacial score (nSPS) is 14.1. The molecule has 3 rings (SSSR count). The molecule has 0 radical (unpaired) electrons. The molecule has 8 heteroatoms. The van der Waals surface area contributed by atoms with Gasteiger partial charge in [0, 0.05) is 12.7 Å². The molecule has 0 atom stereocenters. The Labute approximate surface area is 147 Å². The van der Waals surface area contributed by atoms with Gasteiger partial charge >= 0.3 is 6.18 Å². The van der Waals surface area contributed by atoms with Crippen LogP contribution in [0.25, 0.3) is 0 Å². The van der Waals surface area contributed by atoms with Crippen molar-refractivity contribution in [3.8, 4) is 5.75 Å². The number of anilines is 1. The fraction of sp³-hybridized carbons (Fsp3) is 0.333. The van der Waals surface area contributed by atoms with Crippen LogP contribution in [-0.2, 0) is 23.9 Å². The molecule has 2 heterocycles. The number of ether oxygens (including phenoxy) is 1. The summed E-state index contributed by atoms with van der Waals surface area (Å²) < 4.78 is 44.8. The third kappa shape index (κ3) is 3.31. The SMILES string of the molecule is COc1cccc2c1N(C(=O)Cn1cccc(C(F)(F)F)c1=O)CCC2. The number of para-hydroxylation sites is 1. The number of alkyl halides is 3. The Balaban J connectivity index is 1.93. The molecule has 1 aliphatic heterocycles. The number of aryl methyl sites for hydroxylation is 1. The molecule has 1 aromatic heterocycles. The number of halogens is 3. The molecule has 1 amide bonds. The first kappa shape index (κ1) is 18.0. The highest BCUT2D eigenvalue weighted by Crippen LogP contribution is 2.36. The number of hydrogen-bond donors (Lipinski definition) is 0. The van der Waals surface area contributed by atoms with Gasteiger partial charge < -0.3 is 14.2 Å². The molecular weight excluding hydrogens is 349 g/mol. The summed E-state index contributed by atoms with van der Waals surface area (Å²) in [4.78, 5) is 26.3. The monoisotopic (exact) mass is 366 g/mol. The van der Waals surface area contributed by atoms with Crippen molar-refractivity contribution >= 4 is 11.6 Å². The van der Waals surface area contributed by atoms with E-state index in [0.717, 1.165) is 29.0 Å². The van der Waals surface area contributed by atoms with Crippen LogP contribution in [0.15, 0.2) is 41.3 Å². The highest BCUT2D eigenvalue weighted by atomic mass is 19.4. The van der Waals surface area contributed by atoms with E-state index < -0.39 is 29.8 Å². The van der Waals surface area contributed by atoms with E-state index in [-0.39, 0.29) is 0 Å². The Morgan fingerprint density at radius 1 is 1.23 bits per heavy atom. The summed E-state index contributed by atoms with van der Waals surface area (Å²) in [5.74, 6) is 0.0591. The highest BCUT2D eigenvalue weighted by molar-refractivity contribution is 5.96. The van der Waals surface area contributed by atoms with Gasteiger partial charge in [0.25, 0.3) is 5.56 Å². The van der Waals surface area contributed by atoms with Crippen LogP contribution in [0, 0.1) is 0 Å². The number of amides is 1. The van der Waals surface area contributed by atoms with Crippen molar-refractivity contribution in [3.63, 3.8) is 0 Å². The van der Waals surface area contributed by atoms with E-state index >= 15 is 0 Å². The Bertz CT molecular complexity index is 876. The number of methoxy groups -OCH3 is 1. The van der Waals surface area contributed by atoms with E-state index in [9.17, 15) is 22.8 Å². The Hall–Kier alpha value is -2.77. The fourth-order valence-electron chi connectivity index (χ4n) is 3.14. The van der Waals surface area contributed by atoms with Crippen molar-refractivity contribution in [3.05, 3.63) is 58.0 Å². The number of nitrogens with zero attached hydrogens (tertiary/aromatic N) is 2. The topological polar surface area (TPSA) is 51.5 Å². The molecule has 1 aromatic carbocycles. The molecule has 0 saturated carbocycles. The molecule has 1 aliphatic rings. The van der Waals surface area contributed by atoms with Crippen molar-refractivity contribution in [1.82, 2.24) is 4.57 Å². The van der Waals surface area contributed by atoms with Crippen molar-refractivity contribution in [1.29, 1.82) is 0 Å². The molecule has 0 bridgehead atoms. The molecule has 0 unspecified atom stereocenters. The van der Waals surface area contributed by atoms with Gasteiger partial charge in [0.15, 0.2) is 0 Å². The van der Waals surface area contributed by atoms with Gasteiger partial charge in [-0.3, -0.25) is 9.59 Å². The van der Waals surface area contributed by atoms with Crippen molar-refractivity contribution in [2.45, 2.75) is 25.6 Å². The summed E-state index contributed by atoms with van der Waals surface area (Å²) in [6.07, 6.45) is -2.07. The van der Waals surface area contributed by atoms with Crippen LogP contribution in [0.1, 0.15) is 17.5 Å². The van der Waals surface area contributed by atoms with Gasteiger partial charge in [0.2, 0.25) is 5.91 Å². The van der Waals surface area contributed by atoms with Crippen LogP contribution < -0.4 is 15.2 Å². The lowest BCUT2D eigenvalue weighted by Gasteiger charge is -2.31. The third-order valence-electron chi connectivity index (χ3n) is 4.33. The summed E-state index contributed by atoms with van der Waals surface area (Å²) in [5.41, 5.74) is -0.971. The largest absolute Gasteiger partial charge is 0.495 e. The average Bonchev–Trinajstić information content (AvgIpc) is 2.61. The number of fused-ring (bicyclic) bond motifs is 1. The maximum Gasteiger partial charge on any atom is 0.421 e. The number of pyridine rings is 1. The Morgan fingerprint density at radius 3 is 2.69 bits per heavy atom. The average molecular weight is 366 g/mol. The summed E-state index contributed by atoms with van der Waals surface area (Å²) in [6.45, 7) is -0.0554. The first-order chi connectivity index (χ1) is 12.3. The maximum atomic E-state index is 12.9. The number of hydrogen-bond acceptors (Lipinski definition) is 3. The lowest BCUT2D eigenvalue weighted by Crippen LogP contribution is -2.40. The van der Waals surface area contributed by atoms with Gasteiger partial charge in [-0.2, -0.15) is 13.2 Å². The quantitative estimate of drug-likeness (QED) is 0.839. The predicted octanol–water partition coefficient (Wildman–Crippen LogP) is 2.86. The van der Waals surface area contributed by atoms with Gasteiger partial charge in [0.05, 0.1) is 12.8 Å². The van der Waals surface area contributed by atoms with Gasteiger partial charge in [-0.15, -0.1) is 0 Å². The standard InChI is InChI=1S/C18H17F3N2O3/c1-26-14-8-2-5-12-6-3-10-23(16(12)14)15(24)11-22-9-4-7-13(17(22)25)18(19,20)21/h2,4-5,7-9H,3,6,10-11H2,1H3. The summed E-state index contributed by atoms with van der Waals surface area (Å²) in [6, 6.07) is 7.25. The minimum Gasteiger partial charge on any atom is -0.495 e. The van der Waals surface area contributed by atoms with Crippen molar-refractivity contribution in [2.75, 3.05) is 18.6 Å². The second kappa shape index (κ2) is 6.86. The molecule has 2 aromatic rings. The van der Waals surface area contributed by atoms with E-state index in [1.807, 2.05) is 12.1 Å². The zero-order valence-corrected chi connectivity index (χ0v) is 14.0. The van der Waals surface area contributed by atoms with Crippen LogP contribution in [0.4, 0.5) is 18.9 Å². The molecule has 138 valence electrons. The number of benzene rings is 1. The summed E-state index contributed by atoms with van der Waals surface area (Å²) in [7, 11) is 1.49. The second-order valence-electron chi connectivity index (χ2n) is 5.97. The van der Waals surface area contributed by atoms with Gasteiger partial charge in [-0.05, 0) is 36.6 Å². The zero-order chi connectivity index (χ0) is 18.9. The van der Waals surface area contributed by atoms with Crippen molar-refractivity contribution < 1.29 is 22.7 Å². The molecule has 0 fully saturated rings. The van der Waals surface area contributed by atoms with E-state index in [4.69, 9.17) is 4.74 Å². The molecule has 0 spiro atoms. The minimum absolute atomic E-state index is 0.417. The van der Waals surface area contributed by atoms with Gasteiger partial charge in [-0.25, -0.2) is 0 Å². The number of carbonyl (C=O) groups is 1. The maximum absolute atomic E-state index is 12.9. The van der Waals surface area contributed by atoms with E-state index in [0.29, 0.717) is 24.0 Å². The van der Waals surface area contributed by atoms with Crippen LogP contribution in [0.5, 0.6) is 5.75 Å². The van der Waals surface area contributed by atoms with Crippen LogP contribution in [-0.4, -0.2) is 24.1 Å². The summed E-state index contributed by atoms with van der Waals surface area (Å²) in [5, 5.41) is 0. The lowest BCUT2D eigenvalue weighted by atomic mass is 10.0. The van der Waals surface area contributed by atoms with Crippen LogP contribution in [0.2, 0.25) is 0 Å². The smallest absolute Gasteiger partial charge is 0.421 e. The molecule has 26 heavy (non-hydrogen) atoms. The first-order valence-electron chi connectivity index (χ1n) is 8.06. The molecular formula is C18H17F3N2O3. The molecule has 0 N–H and O–H groups in total.